The van der Waals surface area contributed by atoms with Crippen molar-refractivity contribution in [3.8, 4) is 0 Å². The number of nitrogens with zero attached hydrogens (tertiary/aromatic N) is 2. The molecule has 178 valence electrons. The molecule has 0 aromatic rings. The Morgan fingerprint density at radius 1 is 0.935 bits per heavy atom. The van der Waals surface area contributed by atoms with E-state index >= 15 is 0 Å². The Labute approximate surface area is 186 Å². The topological polar surface area (TPSA) is 77.5 Å². The van der Waals surface area contributed by atoms with Crippen LogP contribution >= 0.6 is 0 Å². The van der Waals surface area contributed by atoms with Gasteiger partial charge < -0.3 is 18.9 Å². The summed E-state index contributed by atoms with van der Waals surface area (Å²) < 4.78 is 23.5. The van der Waals surface area contributed by atoms with Gasteiger partial charge in [0, 0.05) is 26.2 Å². The van der Waals surface area contributed by atoms with Crippen LogP contribution in [0.3, 0.4) is 0 Å². The number of ether oxygens (including phenoxy) is 4. The minimum absolute atomic E-state index is 0.0779. The van der Waals surface area contributed by atoms with Crippen LogP contribution in [0.5, 0.6) is 0 Å². The van der Waals surface area contributed by atoms with Gasteiger partial charge >= 0.3 is 11.9 Å². The Hall–Kier alpha value is -1.22. The van der Waals surface area contributed by atoms with Gasteiger partial charge in [-0.25, -0.2) is 9.69 Å². The molecule has 8 nitrogen and oxygen atoms in total. The van der Waals surface area contributed by atoms with Crippen molar-refractivity contribution in [3.63, 3.8) is 0 Å². The van der Waals surface area contributed by atoms with Gasteiger partial charge in [0.25, 0.3) is 5.85 Å². The number of esters is 2. The summed E-state index contributed by atoms with van der Waals surface area (Å²) in [6.45, 7) is 11.9. The predicted octanol–water partition coefficient (Wildman–Crippen LogP) is 2.55. The first kappa shape index (κ1) is 24.4. The van der Waals surface area contributed by atoms with Crippen LogP contribution in [-0.2, 0) is 28.5 Å². The average molecular weight is 441 g/mol. The third kappa shape index (κ3) is 5.97. The quantitative estimate of drug-likeness (QED) is 0.559. The number of carbonyl (C=O) groups is 2. The highest BCUT2D eigenvalue weighted by Gasteiger charge is 2.55. The fourth-order valence-corrected chi connectivity index (χ4v) is 4.80. The standard InChI is InChI=1S/C23H40N2O6/c1-5-29-20(26)18-8-10-19(11-9-18)30-23(24-12-6-7-13-24,21(27)31-22(2,3)4)25-14-16-28-17-15-25/h18-19H,5-17H2,1-4H3/t18-,19-,23?. The number of morpholine rings is 1. The van der Waals surface area contributed by atoms with E-state index in [4.69, 9.17) is 18.9 Å². The van der Waals surface area contributed by atoms with E-state index in [9.17, 15) is 9.59 Å². The molecule has 3 fully saturated rings. The zero-order valence-corrected chi connectivity index (χ0v) is 19.7. The summed E-state index contributed by atoms with van der Waals surface area (Å²) in [6.07, 6.45) is 4.86. The lowest BCUT2D eigenvalue weighted by Gasteiger charge is -2.50. The minimum Gasteiger partial charge on any atom is -0.466 e. The van der Waals surface area contributed by atoms with E-state index in [0.29, 0.717) is 32.9 Å². The van der Waals surface area contributed by atoms with Crippen molar-refractivity contribution in [3.05, 3.63) is 0 Å². The summed E-state index contributed by atoms with van der Waals surface area (Å²) in [4.78, 5) is 30.2. The minimum atomic E-state index is -1.24. The van der Waals surface area contributed by atoms with Crippen molar-refractivity contribution in [1.82, 2.24) is 9.80 Å². The third-order valence-electron chi connectivity index (χ3n) is 6.26. The van der Waals surface area contributed by atoms with E-state index < -0.39 is 11.4 Å². The highest BCUT2D eigenvalue weighted by molar-refractivity contribution is 5.79. The van der Waals surface area contributed by atoms with Gasteiger partial charge in [-0.3, -0.25) is 9.69 Å². The Morgan fingerprint density at radius 2 is 1.52 bits per heavy atom. The molecule has 0 amide bonds. The second kappa shape index (κ2) is 10.6. The van der Waals surface area contributed by atoms with Crippen LogP contribution in [0.25, 0.3) is 0 Å². The van der Waals surface area contributed by atoms with Crippen LogP contribution in [-0.4, -0.2) is 85.3 Å². The lowest BCUT2D eigenvalue weighted by atomic mass is 9.87. The molecule has 0 bridgehead atoms. The van der Waals surface area contributed by atoms with Crippen molar-refractivity contribution >= 4 is 11.9 Å². The molecule has 1 saturated carbocycles. The molecule has 3 rings (SSSR count). The lowest BCUT2D eigenvalue weighted by Crippen LogP contribution is -2.70. The fraction of sp³-hybridized carbons (Fsp3) is 0.913. The Kier molecular flexibility index (Phi) is 8.35. The number of carbonyl (C=O) groups excluding carboxylic acids is 2. The Morgan fingerprint density at radius 3 is 2.06 bits per heavy atom. The van der Waals surface area contributed by atoms with E-state index in [1.165, 1.54) is 0 Å². The second-order valence-corrected chi connectivity index (χ2v) is 9.75. The largest absolute Gasteiger partial charge is 0.466 e. The van der Waals surface area contributed by atoms with Gasteiger partial charge in [0.1, 0.15) is 5.60 Å². The van der Waals surface area contributed by atoms with E-state index in [2.05, 4.69) is 9.80 Å². The molecule has 8 heteroatoms. The summed E-state index contributed by atoms with van der Waals surface area (Å²) in [6, 6.07) is 0. The molecule has 1 aliphatic carbocycles. The Balaban J connectivity index is 1.82. The van der Waals surface area contributed by atoms with E-state index in [1.807, 2.05) is 27.7 Å². The molecule has 2 heterocycles. The van der Waals surface area contributed by atoms with Crippen molar-refractivity contribution in [2.24, 2.45) is 5.92 Å². The van der Waals surface area contributed by atoms with Crippen LogP contribution < -0.4 is 0 Å². The molecule has 0 N–H and O–H groups in total. The van der Waals surface area contributed by atoms with Gasteiger partial charge in [-0.1, -0.05) is 0 Å². The molecule has 31 heavy (non-hydrogen) atoms. The molecule has 0 radical (unpaired) electrons. The predicted molar refractivity (Wildman–Crippen MR) is 115 cm³/mol. The molecular weight excluding hydrogens is 400 g/mol. The number of likely N-dealkylation sites (tertiary alicyclic amines) is 1. The van der Waals surface area contributed by atoms with Crippen molar-refractivity contribution < 1.29 is 28.5 Å². The normalized spacial score (nSPS) is 28.1. The maximum absolute atomic E-state index is 13.8. The Bertz CT molecular complexity index is 602. The van der Waals surface area contributed by atoms with Crippen LogP contribution in [0.4, 0.5) is 0 Å². The van der Waals surface area contributed by atoms with E-state index in [-0.39, 0.29) is 24.0 Å². The van der Waals surface area contributed by atoms with Crippen LogP contribution in [0.2, 0.25) is 0 Å². The highest BCUT2D eigenvalue weighted by atomic mass is 16.6. The highest BCUT2D eigenvalue weighted by Crippen LogP contribution is 2.36. The first-order chi connectivity index (χ1) is 14.8. The second-order valence-electron chi connectivity index (χ2n) is 9.75. The molecule has 2 saturated heterocycles. The first-order valence-electron chi connectivity index (χ1n) is 11.9. The monoisotopic (exact) mass is 440 g/mol. The molecule has 2 aliphatic heterocycles. The average Bonchev–Trinajstić information content (AvgIpc) is 3.27. The SMILES string of the molecule is CCOC(=O)[C@H]1CC[C@H](OC(C(=O)OC(C)(C)C)(N2CCCC2)N2CCOCC2)CC1. The lowest BCUT2D eigenvalue weighted by molar-refractivity contribution is -0.284. The number of hydrogen-bond donors (Lipinski definition) is 0. The summed E-state index contributed by atoms with van der Waals surface area (Å²) in [5, 5.41) is 0. The van der Waals surface area contributed by atoms with Gasteiger partial charge in [-0.15, -0.1) is 0 Å². The molecule has 1 atom stereocenters. The fourth-order valence-electron chi connectivity index (χ4n) is 4.80. The maximum atomic E-state index is 13.8. The maximum Gasteiger partial charge on any atom is 0.371 e. The van der Waals surface area contributed by atoms with Gasteiger partial charge in [0.15, 0.2) is 0 Å². The molecule has 0 aromatic heterocycles. The summed E-state index contributed by atoms with van der Waals surface area (Å²) >= 11 is 0. The van der Waals surface area contributed by atoms with Gasteiger partial charge in [0.2, 0.25) is 0 Å². The first-order valence-corrected chi connectivity index (χ1v) is 11.9. The third-order valence-corrected chi connectivity index (χ3v) is 6.26. The van der Waals surface area contributed by atoms with Crippen molar-refractivity contribution in [2.75, 3.05) is 46.0 Å². The van der Waals surface area contributed by atoms with E-state index in [1.54, 1.807) is 0 Å². The molecule has 0 aromatic carbocycles. The van der Waals surface area contributed by atoms with Crippen LogP contribution in [0, 0.1) is 5.92 Å². The van der Waals surface area contributed by atoms with Crippen molar-refractivity contribution in [1.29, 1.82) is 0 Å². The number of rotatable bonds is 7. The van der Waals surface area contributed by atoms with Crippen LogP contribution in [0.1, 0.15) is 66.2 Å². The zero-order chi connectivity index (χ0) is 22.5. The number of hydrogen-bond acceptors (Lipinski definition) is 8. The molecule has 1 unspecified atom stereocenters. The van der Waals surface area contributed by atoms with E-state index in [0.717, 1.165) is 51.6 Å². The molecular formula is C23H40N2O6. The summed E-state index contributed by atoms with van der Waals surface area (Å²) in [7, 11) is 0. The van der Waals surface area contributed by atoms with Crippen LogP contribution in [0.15, 0.2) is 0 Å². The summed E-state index contributed by atoms with van der Waals surface area (Å²) in [5.74, 6) is -1.77. The smallest absolute Gasteiger partial charge is 0.371 e. The zero-order valence-electron chi connectivity index (χ0n) is 19.7. The van der Waals surface area contributed by atoms with Gasteiger partial charge in [-0.2, -0.15) is 0 Å². The molecule has 3 aliphatic rings. The summed E-state index contributed by atoms with van der Waals surface area (Å²) in [5.41, 5.74) is -0.612. The molecule has 0 spiro atoms. The van der Waals surface area contributed by atoms with Gasteiger partial charge in [-0.05, 0) is 66.2 Å². The van der Waals surface area contributed by atoms with Crippen molar-refractivity contribution in [2.45, 2.75) is 83.8 Å². The van der Waals surface area contributed by atoms with Gasteiger partial charge in [0.05, 0.1) is 31.8 Å².